The molecule has 0 heterocycles. The molecule has 0 spiro atoms. The number of hydrogen-bond donors (Lipinski definition) is 1. The fraction of sp³-hybridized carbons (Fsp3) is 0.919. The molecule has 0 aliphatic carbocycles. The van der Waals surface area contributed by atoms with Gasteiger partial charge in [-0.05, 0) is 38.5 Å². The number of phosphoric ester groups is 1. The summed E-state index contributed by atoms with van der Waals surface area (Å²) >= 11 is 0. The van der Waals surface area contributed by atoms with E-state index in [1.165, 1.54) is 109 Å². The number of allylic oxidation sites excluding steroid dienone is 2. The van der Waals surface area contributed by atoms with Gasteiger partial charge in [-0.15, -0.1) is 0 Å². The molecule has 0 aliphatic rings. The van der Waals surface area contributed by atoms with E-state index in [9.17, 15) is 14.3 Å². The Morgan fingerprint density at radius 2 is 1.13 bits per heavy atom. The van der Waals surface area contributed by atoms with E-state index in [1.54, 1.807) is 0 Å². The van der Waals surface area contributed by atoms with E-state index >= 15 is 0 Å². The minimum absolute atomic E-state index is 0.0901. The van der Waals surface area contributed by atoms with Crippen molar-refractivity contribution in [1.82, 2.24) is 0 Å². The number of phosphoric acid groups is 1. The molecule has 0 aromatic carbocycles. The third-order valence-electron chi connectivity index (χ3n) is 8.08. The van der Waals surface area contributed by atoms with E-state index in [4.69, 9.17) is 18.5 Å². The number of ether oxygens (including phenoxy) is 2. The second kappa shape index (κ2) is 31.5. The van der Waals surface area contributed by atoms with Gasteiger partial charge in [0.2, 0.25) is 0 Å². The highest BCUT2D eigenvalue weighted by atomic mass is 31.2. The molecule has 9 heteroatoms. The van der Waals surface area contributed by atoms with Crippen molar-refractivity contribution in [2.24, 2.45) is 0 Å². The highest BCUT2D eigenvalue weighted by Crippen LogP contribution is 2.43. The highest BCUT2D eigenvalue weighted by Gasteiger charge is 2.26. The SMILES string of the molecule is CCCCCC/C=C\CCCCCCCCOCC(COP(=O)(O)OCC[N+](C)(C)C)OC(=O)CCCCCCCCCCCC. The number of rotatable bonds is 35. The van der Waals surface area contributed by atoms with Crippen LogP contribution in [0.5, 0.6) is 0 Å². The Bertz CT molecular complexity index is 756. The Balaban J connectivity index is 4.29. The van der Waals surface area contributed by atoms with Gasteiger partial charge in [-0.25, -0.2) is 4.57 Å². The van der Waals surface area contributed by atoms with Crippen LogP contribution in [0, 0.1) is 0 Å². The normalized spacial score (nSPS) is 14.1. The lowest BCUT2D eigenvalue weighted by atomic mass is 10.1. The Morgan fingerprint density at radius 1 is 0.652 bits per heavy atom. The lowest BCUT2D eigenvalue weighted by Gasteiger charge is -2.24. The molecule has 46 heavy (non-hydrogen) atoms. The molecule has 0 aromatic rings. The average Bonchev–Trinajstić information content (AvgIpc) is 2.99. The second-order valence-corrected chi connectivity index (χ2v) is 15.4. The van der Waals surface area contributed by atoms with E-state index in [2.05, 4.69) is 26.0 Å². The predicted octanol–water partition coefficient (Wildman–Crippen LogP) is 10.3. The van der Waals surface area contributed by atoms with Crippen LogP contribution in [0.15, 0.2) is 12.2 Å². The molecule has 1 N–H and O–H groups in total. The Morgan fingerprint density at radius 3 is 1.67 bits per heavy atom. The van der Waals surface area contributed by atoms with Gasteiger partial charge in [-0.2, -0.15) is 0 Å². The van der Waals surface area contributed by atoms with Crippen molar-refractivity contribution in [2.75, 3.05) is 54.1 Å². The van der Waals surface area contributed by atoms with E-state index in [1.807, 2.05) is 21.1 Å². The molecular formula is C37H75NO7P+. The zero-order chi connectivity index (χ0) is 34.2. The lowest BCUT2D eigenvalue weighted by molar-refractivity contribution is -0.870. The smallest absolute Gasteiger partial charge is 0.457 e. The summed E-state index contributed by atoms with van der Waals surface area (Å²) in [6, 6.07) is 0. The molecule has 0 aliphatic heterocycles. The van der Waals surface area contributed by atoms with Gasteiger partial charge in [0.05, 0.1) is 34.4 Å². The van der Waals surface area contributed by atoms with E-state index in [0.29, 0.717) is 24.1 Å². The number of likely N-dealkylation sites (N-methyl/N-ethyl adjacent to an activating group) is 1. The Hall–Kier alpha value is -0.760. The van der Waals surface area contributed by atoms with Gasteiger partial charge < -0.3 is 18.9 Å². The van der Waals surface area contributed by atoms with Crippen LogP contribution >= 0.6 is 7.82 Å². The first-order valence-corrected chi connectivity index (χ1v) is 20.4. The lowest BCUT2D eigenvalue weighted by Crippen LogP contribution is -2.37. The number of esters is 1. The van der Waals surface area contributed by atoms with Crippen molar-refractivity contribution in [3.63, 3.8) is 0 Å². The van der Waals surface area contributed by atoms with Gasteiger partial charge in [-0.3, -0.25) is 13.8 Å². The Kier molecular flexibility index (Phi) is 31.0. The van der Waals surface area contributed by atoms with Gasteiger partial charge in [-0.1, -0.05) is 129 Å². The molecule has 274 valence electrons. The molecule has 2 unspecified atom stereocenters. The summed E-state index contributed by atoms with van der Waals surface area (Å²) in [6.07, 6.45) is 30.9. The van der Waals surface area contributed by atoms with Crippen LogP contribution in [0.1, 0.15) is 162 Å². The molecule has 0 fully saturated rings. The molecule has 0 aromatic heterocycles. The molecule has 0 bridgehead atoms. The van der Waals surface area contributed by atoms with Gasteiger partial charge >= 0.3 is 13.8 Å². The quantitative estimate of drug-likeness (QED) is 0.0235. The summed E-state index contributed by atoms with van der Waals surface area (Å²) in [7, 11) is 1.67. The number of quaternary nitrogens is 1. The maximum atomic E-state index is 12.6. The van der Waals surface area contributed by atoms with Crippen molar-refractivity contribution in [3.8, 4) is 0 Å². The summed E-state index contributed by atoms with van der Waals surface area (Å²) < 4.78 is 34.8. The first-order chi connectivity index (χ1) is 22.1. The fourth-order valence-electron chi connectivity index (χ4n) is 5.08. The van der Waals surface area contributed by atoms with Crippen LogP contribution in [0.4, 0.5) is 0 Å². The molecule has 0 radical (unpaired) electrons. The van der Waals surface area contributed by atoms with Crippen LogP contribution < -0.4 is 0 Å². The van der Waals surface area contributed by atoms with Crippen LogP contribution in [-0.4, -0.2) is 75.6 Å². The number of hydrogen-bond acceptors (Lipinski definition) is 6. The number of carbonyl (C=O) groups is 1. The van der Waals surface area contributed by atoms with Gasteiger partial charge in [0.1, 0.15) is 19.3 Å². The summed E-state index contributed by atoms with van der Waals surface area (Å²) in [4.78, 5) is 22.7. The summed E-state index contributed by atoms with van der Waals surface area (Å²) in [5.41, 5.74) is 0. The van der Waals surface area contributed by atoms with Crippen molar-refractivity contribution in [2.45, 2.75) is 168 Å². The highest BCUT2D eigenvalue weighted by molar-refractivity contribution is 7.47. The molecule has 8 nitrogen and oxygen atoms in total. The van der Waals surface area contributed by atoms with E-state index in [-0.39, 0.29) is 25.8 Å². The molecule has 0 rings (SSSR count). The summed E-state index contributed by atoms with van der Waals surface area (Å²) in [5, 5.41) is 0. The molecule has 0 amide bonds. The van der Waals surface area contributed by atoms with Gasteiger partial charge in [0.25, 0.3) is 0 Å². The molecular weight excluding hydrogens is 601 g/mol. The van der Waals surface area contributed by atoms with Crippen LogP contribution in [0.25, 0.3) is 0 Å². The Labute approximate surface area is 284 Å². The minimum atomic E-state index is -4.26. The maximum Gasteiger partial charge on any atom is 0.472 e. The van der Waals surface area contributed by atoms with Crippen molar-refractivity contribution >= 4 is 13.8 Å². The number of carbonyl (C=O) groups excluding carboxylic acids is 1. The van der Waals surface area contributed by atoms with Crippen molar-refractivity contribution in [3.05, 3.63) is 12.2 Å². The van der Waals surface area contributed by atoms with Crippen LogP contribution in [0.2, 0.25) is 0 Å². The zero-order valence-corrected chi connectivity index (χ0v) is 31.7. The summed E-state index contributed by atoms with van der Waals surface area (Å²) in [6.45, 7) is 5.59. The van der Waals surface area contributed by atoms with E-state index < -0.39 is 13.9 Å². The molecule has 0 saturated carbocycles. The fourth-order valence-corrected chi connectivity index (χ4v) is 5.82. The minimum Gasteiger partial charge on any atom is -0.457 e. The van der Waals surface area contributed by atoms with Crippen LogP contribution in [-0.2, 0) is 27.9 Å². The largest absolute Gasteiger partial charge is 0.472 e. The third kappa shape index (κ3) is 34.6. The molecule has 0 saturated heterocycles. The topological polar surface area (TPSA) is 91.3 Å². The second-order valence-electron chi connectivity index (χ2n) is 14.0. The van der Waals surface area contributed by atoms with Crippen molar-refractivity contribution < 1.29 is 37.3 Å². The molecule has 2 atom stereocenters. The number of nitrogens with zero attached hydrogens (tertiary/aromatic N) is 1. The monoisotopic (exact) mass is 677 g/mol. The standard InChI is InChI=1S/C37H74NO7P/c1-6-8-10-12-14-16-18-19-20-21-23-25-27-29-32-42-34-36(35-44-46(40,41)43-33-31-38(3,4)5)45-37(39)30-28-26-24-22-17-15-13-11-9-7-2/h16,18,36H,6-15,17,19-35H2,1-5H3/p+1/b18-16-. The summed E-state index contributed by atoms with van der Waals surface area (Å²) in [5.74, 6) is -0.318. The van der Waals surface area contributed by atoms with Gasteiger partial charge in [0, 0.05) is 13.0 Å². The van der Waals surface area contributed by atoms with E-state index in [0.717, 1.165) is 32.1 Å². The van der Waals surface area contributed by atoms with Crippen molar-refractivity contribution in [1.29, 1.82) is 0 Å². The predicted molar refractivity (Wildman–Crippen MR) is 192 cm³/mol. The third-order valence-corrected chi connectivity index (χ3v) is 9.06. The zero-order valence-electron chi connectivity index (χ0n) is 30.8. The van der Waals surface area contributed by atoms with Gasteiger partial charge in [0.15, 0.2) is 0 Å². The average molecular weight is 677 g/mol. The number of unbranched alkanes of at least 4 members (excludes halogenated alkanes) is 19. The van der Waals surface area contributed by atoms with Crippen LogP contribution in [0.3, 0.4) is 0 Å². The first kappa shape index (κ1) is 45.2. The first-order valence-electron chi connectivity index (χ1n) is 18.9. The maximum absolute atomic E-state index is 12.6.